The van der Waals surface area contributed by atoms with Gasteiger partial charge in [-0.3, -0.25) is 9.69 Å². The normalized spacial score (nSPS) is 12.2. The van der Waals surface area contributed by atoms with Crippen LogP contribution in [0.5, 0.6) is 5.75 Å². The third-order valence-electron chi connectivity index (χ3n) is 7.69. The van der Waals surface area contributed by atoms with Crippen LogP contribution in [-0.4, -0.2) is 42.8 Å². The summed E-state index contributed by atoms with van der Waals surface area (Å²) in [4.78, 5) is 26.3. The van der Waals surface area contributed by atoms with E-state index in [4.69, 9.17) is 9.53 Å². The van der Waals surface area contributed by atoms with E-state index in [9.17, 15) is 4.79 Å². The van der Waals surface area contributed by atoms with Gasteiger partial charge in [0.05, 0.1) is 6.10 Å². The van der Waals surface area contributed by atoms with E-state index in [0.29, 0.717) is 5.56 Å². The molecule has 1 aliphatic heterocycles. The fraction of sp³-hybridized carbons (Fsp3) is 0.610. The molecule has 0 aliphatic carbocycles. The first-order valence-corrected chi connectivity index (χ1v) is 18.0. The summed E-state index contributed by atoms with van der Waals surface area (Å²) in [6.07, 6.45) is 16.5. The van der Waals surface area contributed by atoms with Crippen LogP contribution < -0.4 is 9.64 Å². The molecule has 1 fully saturated rings. The van der Waals surface area contributed by atoms with Crippen molar-refractivity contribution in [1.29, 1.82) is 0 Å². The molecular formula is C41H68N2O3. The summed E-state index contributed by atoms with van der Waals surface area (Å²) >= 11 is 0. The fourth-order valence-electron chi connectivity index (χ4n) is 5.08. The highest BCUT2D eigenvalue weighted by Crippen LogP contribution is 2.28. The Morgan fingerprint density at radius 2 is 1.35 bits per heavy atom. The maximum Gasteiger partial charge on any atom is 0.262 e. The van der Waals surface area contributed by atoms with Crippen molar-refractivity contribution in [2.45, 2.75) is 139 Å². The second-order valence-electron chi connectivity index (χ2n) is 12.7. The monoisotopic (exact) mass is 637 g/mol. The van der Waals surface area contributed by atoms with Crippen molar-refractivity contribution in [1.82, 2.24) is 4.90 Å². The van der Waals surface area contributed by atoms with E-state index in [2.05, 4.69) is 32.3 Å². The van der Waals surface area contributed by atoms with Gasteiger partial charge in [0, 0.05) is 16.9 Å². The number of aldehydes is 1. The third-order valence-corrected chi connectivity index (χ3v) is 7.69. The lowest BCUT2D eigenvalue weighted by Crippen LogP contribution is -2.32. The first-order chi connectivity index (χ1) is 22.1. The van der Waals surface area contributed by atoms with Gasteiger partial charge in [-0.05, 0) is 108 Å². The molecule has 1 aliphatic rings. The quantitative estimate of drug-likeness (QED) is 0.144. The van der Waals surface area contributed by atoms with Gasteiger partial charge in [-0.1, -0.05) is 111 Å². The molecule has 0 radical (unpaired) electrons. The van der Waals surface area contributed by atoms with E-state index in [1.807, 2.05) is 83.1 Å². The van der Waals surface area contributed by atoms with Gasteiger partial charge in [0.15, 0.2) is 0 Å². The number of anilines is 1. The zero-order valence-electron chi connectivity index (χ0n) is 31.1. The van der Waals surface area contributed by atoms with E-state index in [0.717, 1.165) is 29.0 Å². The van der Waals surface area contributed by atoms with Crippen LogP contribution in [0.3, 0.4) is 0 Å². The van der Waals surface area contributed by atoms with Crippen molar-refractivity contribution < 1.29 is 14.3 Å². The first-order valence-electron chi connectivity index (χ1n) is 18.0. The zero-order chi connectivity index (χ0) is 34.7. The predicted molar refractivity (Wildman–Crippen MR) is 200 cm³/mol. The van der Waals surface area contributed by atoms with Crippen LogP contribution in [0, 0.1) is 12.8 Å². The van der Waals surface area contributed by atoms with Crippen molar-refractivity contribution >= 4 is 17.9 Å². The van der Waals surface area contributed by atoms with Crippen LogP contribution in [0.4, 0.5) is 5.69 Å². The third kappa shape index (κ3) is 18.9. The second kappa shape index (κ2) is 27.2. The Morgan fingerprint density at radius 3 is 1.78 bits per heavy atom. The Bertz CT molecular complexity index is 1050. The molecule has 3 rings (SSSR count). The molecule has 5 heteroatoms. The fourth-order valence-corrected chi connectivity index (χ4v) is 5.08. The summed E-state index contributed by atoms with van der Waals surface area (Å²) in [6.45, 7) is 26.4. The largest absolute Gasteiger partial charge is 0.491 e. The lowest BCUT2D eigenvalue weighted by atomic mass is 10.0. The highest BCUT2D eigenvalue weighted by atomic mass is 16.5. The van der Waals surface area contributed by atoms with E-state index in [-0.39, 0.29) is 17.9 Å². The minimum atomic E-state index is -0.0608. The Kier molecular flexibility index (Phi) is 25.5. The number of allylic oxidation sites excluding steroid dienone is 1. The molecule has 0 unspecified atom stereocenters. The van der Waals surface area contributed by atoms with E-state index in [1.54, 1.807) is 4.90 Å². The van der Waals surface area contributed by atoms with Crippen molar-refractivity contribution in [2.75, 3.05) is 24.5 Å². The molecule has 0 aromatic heterocycles. The maximum absolute atomic E-state index is 13.2. The smallest absolute Gasteiger partial charge is 0.262 e. The van der Waals surface area contributed by atoms with E-state index < -0.39 is 0 Å². The number of hydrogen-bond donors (Lipinski definition) is 0. The van der Waals surface area contributed by atoms with Crippen molar-refractivity contribution in [2.24, 2.45) is 5.92 Å². The van der Waals surface area contributed by atoms with Gasteiger partial charge in [-0.15, -0.1) is 0 Å². The predicted octanol–water partition coefficient (Wildman–Crippen LogP) is 11.4. The van der Waals surface area contributed by atoms with Crippen molar-refractivity contribution in [3.05, 3.63) is 71.9 Å². The van der Waals surface area contributed by atoms with Crippen LogP contribution in [0.25, 0.3) is 0 Å². The van der Waals surface area contributed by atoms with Gasteiger partial charge in [-0.2, -0.15) is 0 Å². The van der Waals surface area contributed by atoms with Gasteiger partial charge in [0.25, 0.3) is 5.91 Å². The van der Waals surface area contributed by atoms with Gasteiger partial charge < -0.3 is 14.4 Å². The molecule has 0 atom stereocenters. The van der Waals surface area contributed by atoms with Crippen LogP contribution in [0.1, 0.15) is 142 Å². The van der Waals surface area contributed by atoms with Gasteiger partial charge in [0.1, 0.15) is 12.0 Å². The molecule has 1 amide bonds. The number of rotatable bonds is 15. The molecule has 1 saturated heterocycles. The van der Waals surface area contributed by atoms with Crippen molar-refractivity contribution in [3.63, 3.8) is 0 Å². The Balaban J connectivity index is 0.000000785. The van der Waals surface area contributed by atoms with Crippen molar-refractivity contribution in [3.8, 4) is 5.75 Å². The summed E-state index contributed by atoms with van der Waals surface area (Å²) in [7, 11) is 0. The summed E-state index contributed by atoms with van der Waals surface area (Å²) < 4.78 is 5.70. The van der Waals surface area contributed by atoms with Crippen LogP contribution in [0.2, 0.25) is 0 Å². The number of carbonyl (C=O) groups is 2. The number of carbonyl (C=O) groups excluding carboxylic acids is 2. The molecule has 1 heterocycles. The Labute approximate surface area is 283 Å². The maximum atomic E-state index is 13.2. The number of amides is 1. The molecule has 46 heavy (non-hydrogen) atoms. The number of ether oxygens (including phenoxy) is 1. The van der Waals surface area contributed by atoms with Crippen LogP contribution in [-0.2, 0) is 4.79 Å². The van der Waals surface area contributed by atoms with Crippen LogP contribution >= 0.6 is 0 Å². The number of likely N-dealkylation sites (tertiary alicyclic amines) is 1. The zero-order valence-corrected chi connectivity index (χ0v) is 31.1. The molecule has 0 saturated carbocycles. The summed E-state index contributed by atoms with van der Waals surface area (Å²) in [5, 5.41) is 0. The highest BCUT2D eigenvalue weighted by Gasteiger charge is 2.23. The molecule has 260 valence electrons. The number of unbranched alkanes of at least 4 members (excludes halogenated alkanes) is 7. The minimum Gasteiger partial charge on any atom is -0.491 e. The molecular weight excluding hydrogens is 568 g/mol. The molecule has 2 aromatic rings. The molecule has 5 nitrogen and oxygen atoms in total. The van der Waals surface area contributed by atoms with Gasteiger partial charge in [-0.25, -0.2) is 0 Å². The standard InChI is InChI=1S/C22H27NO2.C10H22.C7H15N.C2H4O/c1-15(2)18(6)23(22(24)21-10-8-7-9-17(21)5)19-11-13-20(14-12-19)25-16(3)4;1-3-5-7-9-10-8-6-4-2;1-2-5-8-6-3-4-7-8;1-2-3/h7-16H,6H2,1-5H3;3-10H2,1-2H3;2-7H2,1H3;2H,1H3. The second-order valence-corrected chi connectivity index (χ2v) is 12.7. The number of benzene rings is 2. The molecule has 0 bridgehead atoms. The summed E-state index contributed by atoms with van der Waals surface area (Å²) in [6, 6.07) is 15.2. The number of aryl methyl sites for hydroxylation is 1. The van der Waals surface area contributed by atoms with Gasteiger partial charge in [0.2, 0.25) is 0 Å². The Morgan fingerprint density at radius 1 is 0.848 bits per heavy atom. The van der Waals surface area contributed by atoms with E-state index in [1.165, 1.54) is 97.2 Å². The average Bonchev–Trinajstić information content (AvgIpc) is 3.54. The lowest BCUT2D eigenvalue weighted by Gasteiger charge is -2.28. The lowest BCUT2D eigenvalue weighted by molar-refractivity contribution is -0.106. The molecule has 0 spiro atoms. The molecule has 0 N–H and O–H groups in total. The minimum absolute atomic E-state index is 0.0608. The Hall–Kier alpha value is -2.92. The SMILES string of the molecule is C=C(C(C)C)N(C(=O)c1ccccc1C)c1ccc(OC(C)C)cc1.CC=O.CCCCCCCCCC.CCCN1CCCC1. The summed E-state index contributed by atoms with van der Waals surface area (Å²) in [5.74, 6) is 0.881. The highest BCUT2D eigenvalue weighted by molar-refractivity contribution is 6.09. The van der Waals surface area contributed by atoms with Crippen LogP contribution in [0.15, 0.2) is 60.8 Å². The number of nitrogens with zero attached hydrogens (tertiary/aromatic N) is 2. The van der Waals surface area contributed by atoms with Gasteiger partial charge >= 0.3 is 0 Å². The molecule has 2 aromatic carbocycles. The number of hydrogen-bond acceptors (Lipinski definition) is 4. The first kappa shape index (κ1) is 43.1. The average molecular weight is 637 g/mol. The van der Waals surface area contributed by atoms with E-state index >= 15 is 0 Å². The summed E-state index contributed by atoms with van der Waals surface area (Å²) in [5.41, 5.74) is 3.20. The topological polar surface area (TPSA) is 49.9 Å².